The number of hydrogen-bond donors (Lipinski definition) is 0. The lowest BCUT2D eigenvalue weighted by atomic mass is 10.2. The highest BCUT2D eigenvalue weighted by atomic mass is 16.6. The van der Waals surface area contributed by atoms with Crippen LogP contribution in [0.1, 0.15) is 18.2 Å². The van der Waals surface area contributed by atoms with Crippen molar-refractivity contribution in [3.05, 3.63) is 41.7 Å². The lowest BCUT2D eigenvalue weighted by Gasteiger charge is -2.13. The molecular weight excluding hydrogens is 268 g/mol. The monoisotopic (exact) mass is 282 g/mol. The van der Waals surface area contributed by atoms with Gasteiger partial charge in [-0.05, 0) is 30.7 Å². The number of hydrogen-bond acceptors (Lipinski definition) is 4. The van der Waals surface area contributed by atoms with Gasteiger partial charge in [-0.25, -0.2) is 14.8 Å². The average molecular weight is 282 g/mol. The Hall–Kier alpha value is -2.63. The quantitative estimate of drug-likeness (QED) is 0.687. The molecule has 0 saturated heterocycles. The Balaban J connectivity index is 1.78. The van der Waals surface area contributed by atoms with E-state index in [9.17, 15) is 4.79 Å². The molecule has 1 aliphatic rings. The third-order valence-corrected chi connectivity index (χ3v) is 3.68. The summed E-state index contributed by atoms with van der Waals surface area (Å²) in [4.78, 5) is 22.7. The highest BCUT2D eigenvalue weighted by Crippen LogP contribution is 2.26. The SMILES string of the molecule is CCOC(=O)N1Cc2cc3nc4ccccn4c3nc2C1. The van der Waals surface area contributed by atoms with Gasteiger partial charge in [0.25, 0.3) is 0 Å². The minimum atomic E-state index is -0.291. The number of fused-ring (bicyclic) bond motifs is 4. The normalized spacial score (nSPS) is 13.9. The number of carbonyl (C=O) groups excluding carboxylic acids is 1. The van der Waals surface area contributed by atoms with Crippen molar-refractivity contribution in [2.45, 2.75) is 20.0 Å². The van der Waals surface area contributed by atoms with E-state index in [0.717, 1.165) is 28.1 Å². The van der Waals surface area contributed by atoms with E-state index in [1.165, 1.54) is 0 Å². The standard InChI is InChI=1S/C15H14N4O2/c1-2-21-15(20)18-8-10-7-11-14(17-12(10)9-18)19-6-4-3-5-13(19)16-11/h3-7H,2,8-9H2,1H3. The second-order valence-corrected chi connectivity index (χ2v) is 5.03. The molecule has 4 rings (SSSR count). The molecule has 1 aliphatic heterocycles. The first-order chi connectivity index (χ1) is 10.3. The van der Waals surface area contributed by atoms with Gasteiger partial charge in [-0.15, -0.1) is 0 Å². The first-order valence-electron chi connectivity index (χ1n) is 6.93. The summed E-state index contributed by atoms with van der Waals surface area (Å²) < 4.78 is 7.01. The summed E-state index contributed by atoms with van der Waals surface area (Å²) in [6, 6.07) is 7.88. The average Bonchev–Trinajstić information content (AvgIpc) is 3.05. The van der Waals surface area contributed by atoms with Gasteiger partial charge >= 0.3 is 6.09 Å². The molecule has 0 aromatic carbocycles. The molecule has 3 aromatic rings. The number of amides is 1. The van der Waals surface area contributed by atoms with E-state index in [-0.39, 0.29) is 6.09 Å². The van der Waals surface area contributed by atoms with E-state index in [1.807, 2.05) is 34.9 Å². The summed E-state index contributed by atoms with van der Waals surface area (Å²) in [5, 5.41) is 0. The van der Waals surface area contributed by atoms with E-state index in [0.29, 0.717) is 19.7 Å². The van der Waals surface area contributed by atoms with Gasteiger partial charge in [-0.1, -0.05) is 6.07 Å². The van der Waals surface area contributed by atoms with Gasteiger partial charge in [0.15, 0.2) is 5.65 Å². The van der Waals surface area contributed by atoms with Crippen LogP contribution in [0.5, 0.6) is 0 Å². The van der Waals surface area contributed by atoms with Crippen LogP contribution in [0.3, 0.4) is 0 Å². The maximum atomic E-state index is 11.8. The van der Waals surface area contributed by atoms with Crippen LogP contribution in [-0.2, 0) is 17.8 Å². The Morgan fingerprint density at radius 3 is 3.10 bits per heavy atom. The molecule has 0 spiro atoms. The zero-order valence-corrected chi connectivity index (χ0v) is 11.6. The lowest BCUT2D eigenvalue weighted by molar-refractivity contribution is 0.106. The lowest BCUT2D eigenvalue weighted by Crippen LogP contribution is -2.26. The maximum Gasteiger partial charge on any atom is 0.410 e. The second kappa shape index (κ2) is 4.44. The molecule has 0 atom stereocenters. The first-order valence-corrected chi connectivity index (χ1v) is 6.93. The number of imidazole rings is 1. The van der Waals surface area contributed by atoms with Gasteiger partial charge in [0, 0.05) is 6.20 Å². The molecule has 6 nitrogen and oxygen atoms in total. The number of aromatic nitrogens is 3. The molecule has 0 radical (unpaired) electrons. The first kappa shape index (κ1) is 12.1. The van der Waals surface area contributed by atoms with Crippen molar-refractivity contribution >= 4 is 22.9 Å². The third-order valence-electron chi connectivity index (χ3n) is 3.68. The third kappa shape index (κ3) is 1.83. The van der Waals surface area contributed by atoms with Gasteiger partial charge in [0.1, 0.15) is 11.2 Å². The van der Waals surface area contributed by atoms with Gasteiger partial charge in [-0.2, -0.15) is 0 Å². The van der Waals surface area contributed by atoms with Crippen LogP contribution in [0.25, 0.3) is 16.8 Å². The number of rotatable bonds is 1. The molecule has 106 valence electrons. The van der Waals surface area contributed by atoms with Gasteiger partial charge in [0.2, 0.25) is 0 Å². The zero-order valence-electron chi connectivity index (χ0n) is 11.6. The Kier molecular flexibility index (Phi) is 2.57. The highest BCUT2D eigenvalue weighted by Gasteiger charge is 2.26. The van der Waals surface area contributed by atoms with Crippen molar-refractivity contribution in [3.63, 3.8) is 0 Å². The van der Waals surface area contributed by atoms with E-state index >= 15 is 0 Å². The van der Waals surface area contributed by atoms with E-state index in [4.69, 9.17) is 4.74 Å². The molecule has 0 saturated carbocycles. The highest BCUT2D eigenvalue weighted by molar-refractivity contribution is 5.78. The molecule has 4 heterocycles. The predicted octanol–water partition coefficient (Wildman–Crippen LogP) is 2.35. The molecular formula is C15H14N4O2. The Bertz CT molecular complexity index is 855. The topological polar surface area (TPSA) is 59.7 Å². The van der Waals surface area contributed by atoms with Crippen molar-refractivity contribution in [2.24, 2.45) is 0 Å². The van der Waals surface area contributed by atoms with Crippen molar-refractivity contribution < 1.29 is 9.53 Å². The second-order valence-electron chi connectivity index (χ2n) is 5.03. The number of nitrogens with zero attached hydrogens (tertiary/aromatic N) is 4. The fraction of sp³-hybridized carbons (Fsp3) is 0.267. The van der Waals surface area contributed by atoms with Gasteiger partial charge in [-0.3, -0.25) is 9.30 Å². The fourth-order valence-electron chi connectivity index (χ4n) is 2.72. The Morgan fingerprint density at radius 2 is 2.24 bits per heavy atom. The van der Waals surface area contributed by atoms with Crippen molar-refractivity contribution in [1.82, 2.24) is 19.3 Å². The molecule has 0 bridgehead atoms. The molecule has 0 N–H and O–H groups in total. The van der Waals surface area contributed by atoms with Crippen LogP contribution in [-0.4, -0.2) is 32.0 Å². The summed E-state index contributed by atoms with van der Waals surface area (Å²) in [6.07, 6.45) is 1.66. The predicted molar refractivity (Wildman–Crippen MR) is 76.8 cm³/mol. The summed E-state index contributed by atoms with van der Waals surface area (Å²) in [6.45, 7) is 3.21. The van der Waals surface area contributed by atoms with E-state index in [1.54, 1.807) is 11.8 Å². The number of pyridine rings is 2. The number of carbonyl (C=O) groups is 1. The molecule has 21 heavy (non-hydrogen) atoms. The van der Waals surface area contributed by atoms with Gasteiger partial charge < -0.3 is 4.74 Å². The van der Waals surface area contributed by atoms with Crippen LogP contribution < -0.4 is 0 Å². The van der Waals surface area contributed by atoms with Crippen LogP contribution >= 0.6 is 0 Å². The molecule has 0 aliphatic carbocycles. The summed E-state index contributed by atoms with van der Waals surface area (Å²) in [7, 11) is 0. The minimum absolute atomic E-state index is 0.291. The van der Waals surface area contributed by atoms with E-state index in [2.05, 4.69) is 9.97 Å². The maximum absolute atomic E-state index is 11.8. The van der Waals surface area contributed by atoms with Crippen LogP contribution in [0, 0.1) is 0 Å². The Morgan fingerprint density at radius 1 is 1.33 bits per heavy atom. The zero-order chi connectivity index (χ0) is 14.4. The summed E-state index contributed by atoms with van der Waals surface area (Å²) in [5.74, 6) is 0. The summed E-state index contributed by atoms with van der Waals surface area (Å²) in [5.41, 5.74) is 4.52. The van der Waals surface area contributed by atoms with Crippen LogP contribution in [0.4, 0.5) is 4.79 Å². The van der Waals surface area contributed by atoms with Crippen LogP contribution in [0.15, 0.2) is 30.5 Å². The largest absolute Gasteiger partial charge is 0.450 e. The molecule has 3 aromatic heterocycles. The number of ether oxygens (including phenoxy) is 1. The van der Waals surface area contributed by atoms with Crippen molar-refractivity contribution in [1.29, 1.82) is 0 Å². The van der Waals surface area contributed by atoms with Crippen molar-refractivity contribution in [3.8, 4) is 0 Å². The molecule has 0 unspecified atom stereocenters. The summed E-state index contributed by atoms with van der Waals surface area (Å²) >= 11 is 0. The smallest absolute Gasteiger partial charge is 0.410 e. The fourth-order valence-corrected chi connectivity index (χ4v) is 2.72. The van der Waals surface area contributed by atoms with Gasteiger partial charge in [0.05, 0.1) is 25.4 Å². The minimum Gasteiger partial charge on any atom is -0.450 e. The molecule has 6 heteroatoms. The van der Waals surface area contributed by atoms with Crippen LogP contribution in [0.2, 0.25) is 0 Å². The van der Waals surface area contributed by atoms with E-state index < -0.39 is 0 Å². The molecule has 0 fully saturated rings. The Labute approximate surface area is 121 Å². The van der Waals surface area contributed by atoms with Crippen molar-refractivity contribution in [2.75, 3.05) is 6.61 Å². The molecule has 1 amide bonds.